The summed E-state index contributed by atoms with van der Waals surface area (Å²) in [5, 5.41) is 0.355. The largest absolute Gasteiger partial charge is 0.312 e. The molecule has 1 heterocycles. The Hall–Kier alpha value is -2.05. The lowest BCUT2D eigenvalue weighted by Crippen LogP contribution is -2.25. The quantitative estimate of drug-likeness (QED) is 0.925. The van der Waals surface area contributed by atoms with E-state index in [4.69, 9.17) is 11.6 Å². The Morgan fingerprint density at radius 3 is 2.65 bits per heavy atom. The SMILES string of the molecule is CC(=O)N1CCc2c(NS(=O)(=O)c3cccc(Cl)c3)cccc21. The number of nitrogens with zero attached hydrogens (tertiary/aromatic N) is 1. The van der Waals surface area contributed by atoms with Gasteiger partial charge in [-0.2, -0.15) is 0 Å². The van der Waals surface area contributed by atoms with Gasteiger partial charge >= 0.3 is 0 Å². The Bertz CT molecular complexity index is 881. The van der Waals surface area contributed by atoms with Gasteiger partial charge in [-0.05, 0) is 36.8 Å². The molecule has 0 radical (unpaired) electrons. The average molecular weight is 351 g/mol. The maximum absolute atomic E-state index is 12.5. The molecule has 23 heavy (non-hydrogen) atoms. The Kier molecular flexibility index (Phi) is 4.04. The second kappa shape index (κ2) is 5.86. The van der Waals surface area contributed by atoms with Crippen LogP contribution in [0.2, 0.25) is 5.02 Å². The number of halogens is 1. The van der Waals surface area contributed by atoms with Crippen molar-refractivity contribution >= 4 is 38.9 Å². The van der Waals surface area contributed by atoms with Gasteiger partial charge in [-0.15, -0.1) is 0 Å². The van der Waals surface area contributed by atoms with E-state index < -0.39 is 10.0 Å². The van der Waals surface area contributed by atoms with Gasteiger partial charge in [-0.3, -0.25) is 9.52 Å². The molecule has 1 aliphatic heterocycles. The highest BCUT2D eigenvalue weighted by molar-refractivity contribution is 7.92. The van der Waals surface area contributed by atoms with E-state index in [9.17, 15) is 13.2 Å². The van der Waals surface area contributed by atoms with Gasteiger partial charge in [0.15, 0.2) is 0 Å². The van der Waals surface area contributed by atoms with Crippen molar-refractivity contribution in [2.45, 2.75) is 18.2 Å². The highest BCUT2D eigenvalue weighted by Gasteiger charge is 2.26. The average Bonchev–Trinajstić information content (AvgIpc) is 2.92. The van der Waals surface area contributed by atoms with Crippen molar-refractivity contribution in [2.24, 2.45) is 0 Å². The molecule has 0 atom stereocenters. The van der Waals surface area contributed by atoms with E-state index >= 15 is 0 Å². The summed E-state index contributed by atoms with van der Waals surface area (Å²) >= 11 is 5.87. The fourth-order valence-corrected chi connectivity index (χ4v) is 4.09. The molecule has 1 aliphatic rings. The van der Waals surface area contributed by atoms with Crippen molar-refractivity contribution in [3.63, 3.8) is 0 Å². The van der Waals surface area contributed by atoms with E-state index in [0.717, 1.165) is 11.3 Å². The van der Waals surface area contributed by atoms with Crippen molar-refractivity contribution in [3.8, 4) is 0 Å². The van der Waals surface area contributed by atoms with E-state index in [1.807, 2.05) is 6.07 Å². The summed E-state index contributed by atoms with van der Waals surface area (Å²) in [6, 6.07) is 11.3. The van der Waals surface area contributed by atoms with Gasteiger partial charge in [0.1, 0.15) is 0 Å². The predicted molar refractivity (Wildman–Crippen MR) is 90.4 cm³/mol. The Labute approximate surface area is 139 Å². The molecule has 5 nitrogen and oxygen atoms in total. The number of nitrogens with one attached hydrogen (secondary N) is 1. The summed E-state index contributed by atoms with van der Waals surface area (Å²) in [5.74, 6) is -0.0569. The second-order valence-electron chi connectivity index (χ2n) is 5.29. The monoisotopic (exact) mass is 350 g/mol. The molecule has 0 fully saturated rings. The van der Waals surface area contributed by atoms with Crippen molar-refractivity contribution in [1.82, 2.24) is 0 Å². The van der Waals surface area contributed by atoms with Crippen molar-refractivity contribution < 1.29 is 13.2 Å². The Morgan fingerprint density at radius 1 is 1.22 bits per heavy atom. The van der Waals surface area contributed by atoms with E-state index in [2.05, 4.69) is 4.72 Å². The minimum Gasteiger partial charge on any atom is -0.312 e. The first-order valence-corrected chi connectivity index (χ1v) is 8.93. The van der Waals surface area contributed by atoms with Crippen LogP contribution in [0.1, 0.15) is 12.5 Å². The minimum absolute atomic E-state index is 0.0569. The summed E-state index contributed by atoms with van der Waals surface area (Å²) in [6.45, 7) is 2.05. The van der Waals surface area contributed by atoms with Gasteiger partial charge in [0, 0.05) is 29.7 Å². The van der Waals surface area contributed by atoms with Gasteiger partial charge in [-0.1, -0.05) is 23.7 Å². The highest BCUT2D eigenvalue weighted by Crippen LogP contribution is 2.34. The number of benzene rings is 2. The number of anilines is 2. The molecule has 0 spiro atoms. The van der Waals surface area contributed by atoms with Crippen LogP contribution in [-0.4, -0.2) is 20.9 Å². The number of hydrogen-bond acceptors (Lipinski definition) is 3. The second-order valence-corrected chi connectivity index (χ2v) is 7.41. The van der Waals surface area contributed by atoms with Gasteiger partial charge in [-0.25, -0.2) is 8.42 Å². The number of carbonyl (C=O) groups excluding carboxylic acids is 1. The standard InChI is InChI=1S/C16H15ClN2O3S/c1-11(20)19-9-8-14-15(6-3-7-16(14)19)18-23(21,22)13-5-2-4-12(17)10-13/h2-7,10,18H,8-9H2,1H3. The molecule has 2 aromatic carbocycles. The van der Waals surface area contributed by atoms with Crippen LogP contribution in [0.25, 0.3) is 0 Å². The molecule has 1 N–H and O–H groups in total. The third kappa shape index (κ3) is 3.04. The van der Waals surface area contributed by atoms with Gasteiger partial charge in [0.25, 0.3) is 10.0 Å². The fraction of sp³-hybridized carbons (Fsp3) is 0.188. The molecule has 0 bridgehead atoms. The lowest BCUT2D eigenvalue weighted by molar-refractivity contribution is -0.116. The zero-order valence-electron chi connectivity index (χ0n) is 12.4. The predicted octanol–water partition coefficient (Wildman–Crippen LogP) is 3.05. The van der Waals surface area contributed by atoms with Gasteiger partial charge in [0.05, 0.1) is 10.6 Å². The van der Waals surface area contributed by atoms with Crippen LogP contribution in [0.5, 0.6) is 0 Å². The van der Waals surface area contributed by atoms with E-state index in [0.29, 0.717) is 23.7 Å². The van der Waals surface area contributed by atoms with Gasteiger partial charge in [0.2, 0.25) is 5.91 Å². The number of fused-ring (bicyclic) bond motifs is 1. The molecule has 2 aromatic rings. The Balaban J connectivity index is 1.97. The topological polar surface area (TPSA) is 66.5 Å². The molecule has 0 aliphatic carbocycles. The van der Waals surface area contributed by atoms with Crippen LogP contribution < -0.4 is 9.62 Å². The fourth-order valence-electron chi connectivity index (χ4n) is 2.69. The number of hydrogen-bond donors (Lipinski definition) is 1. The summed E-state index contributed by atoms with van der Waals surface area (Å²) in [6.07, 6.45) is 0.614. The molecule has 0 unspecified atom stereocenters. The van der Waals surface area contributed by atoms with Crippen LogP contribution in [0, 0.1) is 0 Å². The third-order valence-corrected chi connectivity index (χ3v) is 5.36. The van der Waals surface area contributed by atoms with Crippen molar-refractivity contribution in [1.29, 1.82) is 0 Å². The first-order chi connectivity index (χ1) is 10.9. The summed E-state index contributed by atoms with van der Waals surface area (Å²) in [7, 11) is -3.73. The molecule has 120 valence electrons. The van der Waals surface area contributed by atoms with Crippen LogP contribution in [0.3, 0.4) is 0 Å². The zero-order valence-corrected chi connectivity index (χ0v) is 14.0. The van der Waals surface area contributed by atoms with Crippen LogP contribution in [0.4, 0.5) is 11.4 Å². The normalized spacial score (nSPS) is 13.7. The first-order valence-electron chi connectivity index (χ1n) is 7.07. The zero-order chi connectivity index (χ0) is 16.6. The number of rotatable bonds is 3. The number of sulfonamides is 1. The third-order valence-electron chi connectivity index (χ3n) is 3.76. The molecule has 0 aromatic heterocycles. The molecule has 7 heteroatoms. The number of amides is 1. The summed E-state index contributed by atoms with van der Waals surface area (Å²) in [4.78, 5) is 13.4. The Morgan fingerprint density at radius 2 is 1.96 bits per heavy atom. The molecule has 0 saturated heterocycles. The van der Waals surface area contributed by atoms with E-state index in [1.165, 1.54) is 19.1 Å². The van der Waals surface area contributed by atoms with E-state index in [1.54, 1.807) is 29.2 Å². The van der Waals surface area contributed by atoms with Crippen LogP contribution >= 0.6 is 11.6 Å². The smallest absolute Gasteiger partial charge is 0.261 e. The van der Waals surface area contributed by atoms with Crippen LogP contribution in [-0.2, 0) is 21.2 Å². The molecular formula is C16H15ClN2O3S. The molecular weight excluding hydrogens is 336 g/mol. The first kappa shape index (κ1) is 15.8. The minimum atomic E-state index is -3.73. The molecule has 3 rings (SSSR count). The van der Waals surface area contributed by atoms with E-state index in [-0.39, 0.29) is 10.8 Å². The van der Waals surface area contributed by atoms with Crippen LogP contribution in [0.15, 0.2) is 47.4 Å². The lowest BCUT2D eigenvalue weighted by atomic mass is 10.1. The number of carbonyl (C=O) groups is 1. The van der Waals surface area contributed by atoms with Crippen molar-refractivity contribution in [3.05, 3.63) is 53.1 Å². The highest BCUT2D eigenvalue weighted by atomic mass is 35.5. The summed E-state index contributed by atoms with van der Waals surface area (Å²) < 4.78 is 27.6. The summed E-state index contributed by atoms with van der Waals surface area (Å²) in [5.41, 5.74) is 2.07. The van der Waals surface area contributed by atoms with Crippen molar-refractivity contribution in [2.75, 3.05) is 16.2 Å². The maximum atomic E-state index is 12.5. The molecule has 1 amide bonds. The lowest BCUT2D eigenvalue weighted by Gasteiger charge is -2.16. The molecule has 0 saturated carbocycles. The van der Waals surface area contributed by atoms with Gasteiger partial charge < -0.3 is 4.90 Å². The maximum Gasteiger partial charge on any atom is 0.261 e.